The number of aryl methyl sites for hydroxylation is 1. The predicted octanol–water partition coefficient (Wildman–Crippen LogP) is 4.08. The van der Waals surface area contributed by atoms with E-state index in [0.29, 0.717) is 11.3 Å². The number of nitrogens with zero attached hydrogens (tertiary/aromatic N) is 3. The molecule has 3 aromatic rings. The predicted molar refractivity (Wildman–Crippen MR) is 110 cm³/mol. The van der Waals surface area contributed by atoms with Crippen molar-refractivity contribution in [3.63, 3.8) is 0 Å². The van der Waals surface area contributed by atoms with E-state index in [4.69, 9.17) is 0 Å². The van der Waals surface area contributed by atoms with Crippen LogP contribution >= 0.6 is 0 Å². The molecular formula is C20H17N5O5. The molecule has 2 aromatic carbocycles. The van der Waals surface area contributed by atoms with E-state index in [1.54, 1.807) is 36.4 Å². The van der Waals surface area contributed by atoms with Crippen LogP contribution in [0.25, 0.3) is 0 Å². The molecule has 0 aliphatic heterocycles. The fourth-order valence-electron chi connectivity index (χ4n) is 2.85. The van der Waals surface area contributed by atoms with Crippen molar-refractivity contribution in [2.24, 2.45) is 0 Å². The fourth-order valence-corrected chi connectivity index (χ4v) is 2.85. The lowest BCUT2D eigenvalue weighted by atomic mass is 10.1. The highest BCUT2D eigenvalue weighted by Crippen LogP contribution is 2.31. The Kier molecular flexibility index (Phi) is 5.68. The maximum absolute atomic E-state index is 11.9. The van der Waals surface area contributed by atoms with Gasteiger partial charge in [-0.1, -0.05) is 24.3 Å². The Labute approximate surface area is 170 Å². The first-order valence-electron chi connectivity index (χ1n) is 8.77. The van der Waals surface area contributed by atoms with Crippen LogP contribution in [0.5, 0.6) is 0 Å². The summed E-state index contributed by atoms with van der Waals surface area (Å²) >= 11 is 0. The van der Waals surface area contributed by atoms with Crippen LogP contribution in [0.4, 0.5) is 28.8 Å². The molecule has 0 saturated carbocycles. The van der Waals surface area contributed by atoms with E-state index < -0.39 is 10.9 Å². The third-order valence-corrected chi connectivity index (χ3v) is 4.20. The first-order valence-corrected chi connectivity index (χ1v) is 8.77. The number of carboxylic acid groups (broad SMARTS) is 1. The number of nitro groups is 1. The van der Waals surface area contributed by atoms with Crippen LogP contribution in [0.3, 0.4) is 0 Å². The Morgan fingerprint density at radius 3 is 2.10 bits per heavy atom. The largest absolute Gasteiger partial charge is 0.478 e. The zero-order valence-corrected chi connectivity index (χ0v) is 16.0. The van der Waals surface area contributed by atoms with E-state index in [-0.39, 0.29) is 40.2 Å². The first-order chi connectivity index (χ1) is 14.3. The summed E-state index contributed by atoms with van der Waals surface area (Å²) in [5.41, 5.74) is 0.622. The molecular weight excluding hydrogens is 390 g/mol. The zero-order valence-electron chi connectivity index (χ0n) is 16.0. The number of para-hydroxylation sites is 2. The van der Waals surface area contributed by atoms with Crippen LogP contribution in [0.15, 0.2) is 48.5 Å². The van der Waals surface area contributed by atoms with Crippen molar-refractivity contribution in [3.8, 4) is 0 Å². The molecule has 3 rings (SSSR count). The van der Waals surface area contributed by atoms with Gasteiger partial charge in [0.05, 0.1) is 21.9 Å². The zero-order chi connectivity index (χ0) is 21.8. The second-order valence-electron chi connectivity index (χ2n) is 6.29. The van der Waals surface area contributed by atoms with Gasteiger partial charge in [-0.2, -0.15) is 4.98 Å². The van der Waals surface area contributed by atoms with Crippen LogP contribution in [-0.2, 0) is 0 Å². The summed E-state index contributed by atoms with van der Waals surface area (Å²) in [6.07, 6.45) is 0. The summed E-state index contributed by atoms with van der Waals surface area (Å²) in [6, 6.07) is 12.7. The van der Waals surface area contributed by atoms with Gasteiger partial charge in [-0.15, -0.1) is 0 Å². The number of hydrogen-bond acceptors (Lipinski definition) is 8. The van der Waals surface area contributed by atoms with Gasteiger partial charge >= 0.3 is 11.7 Å². The molecule has 1 heterocycles. The minimum absolute atomic E-state index is 0.00598. The van der Waals surface area contributed by atoms with E-state index in [1.165, 1.54) is 26.0 Å². The highest BCUT2D eigenvalue weighted by molar-refractivity contribution is 6.00. The third-order valence-electron chi connectivity index (χ3n) is 4.20. The number of carbonyl (C=O) groups is 2. The number of ketones is 1. The molecule has 0 fully saturated rings. The SMILES string of the molecule is CC(=O)c1ccccc1Nc1nc(Nc2ccccc2C(=O)O)nc(C)c1[N+](=O)[O-]. The number of anilines is 4. The van der Waals surface area contributed by atoms with Gasteiger partial charge in [0.25, 0.3) is 0 Å². The Bertz CT molecular complexity index is 1160. The van der Waals surface area contributed by atoms with E-state index in [1.807, 2.05) is 0 Å². The van der Waals surface area contributed by atoms with Gasteiger partial charge in [-0.3, -0.25) is 14.9 Å². The van der Waals surface area contributed by atoms with Gasteiger partial charge < -0.3 is 15.7 Å². The summed E-state index contributed by atoms with van der Waals surface area (Å²) in [5, 5.41) is 26.5. The van der Waals surface area contributed by atoms with Crippen LogP contribution in [-0.4, -0.2) is 31.8 Å². The van der Waals surface area contributed by atoms with Gasteiger partial charge in [0.1, 0.15) is 5.69 Å². The van der Waals surface area contributed by atoms with Crippen LogP contribution < -0.4 is 10.6 Å². The molecule has 30 heavy (non-hydrogen) atoms. The number of carbonyl (C=O) groups excluding carboxylic acids is 1. The molecule has 0 aliphatic carbocycles. The molecule has 0 atom stereocenters. The van der Waals surface area contributed by atoms with E-state index in [0.717, 1.165) is 0 Å². The topological polar surface area (TPSA) is 147 Å². The number of nitrogens with one attached hydrogen (secondary N) is 2. The molecule has 10 heteroatoms. The summed E-state index contributed by atoms with van der Waals surface area (Å²) in [5.74, 6) is -1.53. The van der Waals surface area contributed by atoms with Gasteiger partial charge in [0.2, 0.25) is 11.8 Å². The lowest BCUT2D eigenvalue weighted by Gasteiger charge is -2.13. The number of Topliss-reactive ketones (excluding diaryl/α,β-unsaturated/α-hetero) is 1. The molecule has 0 saturated heterocycles. The maximum Gasteiger partial charge on any atom is 0.337 e. The number of aromatic carboxylic acids is 1. The Balaban J connectivity index is 2.08. The van der Waals surface area contributed by atoms with E-state index in [9.17, 15) is 24.8 Å². The van der Waals surface area contributed by atoms with Gasteiger partial charge in [0.15, 0.2) is 5.78 Å². The van der Waals surface area contributed by atoms with Crippen molar-refractivity contribution in [2.75, 3.05) is 10.6 Å². The second-order valence-corrected chi connectivity index (χ2v) is 6.29. The van der Waals surface area contributed by atoms with Crippen molar-refractivity contribution < 1.29 is 19.6 Å². The monoisotopic (exact) mass is 407 g/mol. The minimum Gasteiger partial charge on any atom is -0.478 e. The fraction of sp³-hybridized carbons (Fsp3) is 0.100. The lowest BCUT2D eigenvalue weighted by molar-refractivity contribution is -0.385. The number of rotatable bonds is 7. The Morgan fingerprint density at radius 2 is 1.53 bits per heavy atom. The quantitative estimate of drug-likeness (QED) is 0.299. The molecule has 3 N–H and O–H groups in total. The smallest absolute Gasteiger partial charge is 0.337 e. The normalized spacial score (nSPS) is 10.3. The van der Waals surface area contributed by atoms with E-state index in [2.05, 4.69) is 20.6 Å². The van der Waals surface area contributed by atoms with Gasteiger partial charge in [-0.25, -0.2) is 9.78 Å². The number of hydrogen-bond donors (Lipinski definition) is 3. The molecule has 0 unspecified atom stereocenters. The van der Waals surface area contributed by atoms with Crippen molar-refractivity contribution in [1.82, 2.24) is 9.97 Å². The maximum atomic E-state index is 11.9. The van der Waals surface area contributed by atoms with Crippen molar-refractivity contribution in [3.05, 3.63) is 75.5 Å². The second kappa shape index (κ2) is 8.35. The molecule has 0 amide bonds. The summed E-state index contributed by atoms with van der Waals surface area (Å²) in [4.78, 5) is 42.5. The van der Waals surface area contributed by atoms with Crippen molar-refractivity contribution in [1.29, 1.82) is 0 Å². The Hall–Kier alpha value is -4.34. The number of aromatic nitrogens is 2. The molecule has 1 aromatic heterocycles. The first kappa shape index (κ1) is 20.4. The highest BCUT2D eigenvalue weighted by Gasteiger charge is 2.24. The van der Waals surface area contributed by atoms with Crippen LogP contribution in [0.2, 0.25) is 0 Å². The minimum atomic E-state index is -1.15. The average molecular weight is 407 g/mol. The lowest BCUT2D eigenvalue weighted by Crippen LogP contribution is -2.10. The summed E-state index contributed by atoms with van der Waals surface area (Å²) < 4.78 is 0. The molecule has 0 aliphatic rings. The van der Waals surface area contributed by atoms with Crippen LogP contribution in [0.1, 0.15) is 33.3 Å². The highest BCUT2D eigenvalue weighted by atomic mass is 16.6. The number of carboxylic acids is 1. The molecule has 10 nitrogen and oxygen atoms in total. The van der Waals surface area contributed by atoms with E-state index >= 15 is 0 Å². The average Bonchev–Trinajstić information content (AvgIpc) is 2.68. The van der Waals surface area contributed by atoms with Crippen molar-refractivity contribution in [2.45, 2.75) is 13.8 Å². The molecule has 152 valence electrons. The van der Waals surface area contributed by atoms with Crippen molar-refractivity contribution >= 4 is 40.6 Å². The van der Waals surface area contributed by atoms with Crippen LogP contribution in [0, 0.1) is 17.0 Å². The molecule has 0 radical (unpaired) electrons. The van der Waals surface area contributed by atoms with Gasteiger partial charge in [0, 0.05) is 5.56 Å². The molecule has 0 bridgehead atoms. The molecule has 0 spiro atoms. The third kappa shape index (κ3) is 4.22. The summed E-state index contributed by atoms with van der Waals surface area (Å²) in [6.45, 7) is 2.83. The Morgan fingerprint density at radius 1 is 0.967 bits per heavy atom. The summed E-state index contributed by atoms with van der Waals surface area (Å²) in [7, 11) is 0. The standard InChI is InChI=1S/C20H17N5O5/c1-11-17(25(29)30)18(22-15-9-5-3-7-13(15)12(2)26)24-20(21-11)23-16-10-6-4-8-14(16)19(27)28/h3-10H,1-2H3,(H,27,28)(H2,21,22,23,24). The van der Waals surface area contributed by atoms with Gasteiger partial charge in [-0.05, 0) is 38.1 Å². The number of benzene rings is 2.